The second-order valence-electron chi connectivity index (χ2n) is 21.4. The monoisotopic (exact) mass is 879 g/mol. The molecule has 9 rings (SSSR count). The van der Waals surface area contributed by atoms with Crippen LogP contribution in [0.2, 0.25) is 0 Å². The van der Waals surface area contributed by atoms with E-state index in [1.54, 1.807) is 0 Å². The summed E-state index contributed by atoms with van der Waals surface area (Å²) in [5.74, 6) is -0.0303. The van der Waals surface area contributed by atoms with E-state index in [2.05, 4.69) is 219 Å². The molecule has 0 saturated heterocycles. The van der Waals surface area contributed by atoms with Gasteiger partial charge in [0, 0.05) is 29.9 Å². The normalized spacial score (nSPS) is 12.7. The summed E-state index contributed by atoms with van der Waals surface area (Å²) in [5, 5.41) is 12.5. The number of phenolic OH excluding ortho intramolecular Hbond substituents is 1. The van der Waals surface area contributed by atoms with Crippen LogP contribution in [-0.2, 0) is 16.2 Å². The van der Waals surface area contributed by atoms with E-state index in [1.165, 1.54) is 16.7 Å². The highest BCUT2D eigenvalue weighted by atomic mass is 16.3. The van der Waals surface area contributed by atoms with Gasteiger partial charge in [-0.05, 0) is 126 Å². The predicted octanol–water partition coefficient (Wildman–Crippen LogP) is 17.1. The number of para-hydroxylation sites is 1. The summed E-state index contributed by atoms with van der Waals surface area (Å²) in [6, 6.07) is 57.9. The fourth-order valence-electron chi connectivity index (χ4n) is 9.03. The zero-order valence-corrected chi connectivity index (χ0v) is 41.0. The zero-order chi connectivity index (χ0) is 48.3. The third-order valence-electron chi connectivity index (χ3n) is 13.1. The second kappa shape index (κ2) is 17.3. The maximum atomic E-state index is 12.5. The Morgan fingerprint density at radius 3 is 1.69 bits per heavy atom. The molecule has 4 nitrogen and oxygen atoms in total. The number of nitrogens with zero attached hydrogens (tertiary/aromatic N) is 3. The fraction of sp³-hybridized carbons (Fsp3) is 0.238. The molecule has 2 aromatic heterocycles. The van der Waals surface area contributed by atoms with E-state index in [9.17, 15) is 6.48 Å². The van der Waals surface area contributed by atoms with Crippen LogP contribution in [0.4, 0.5) is 0 Å². The van der Waals surface area contributed by atoms with Gasteiger partial charge in [0.05, 0.1) is 22.3 Å². The standard InChI is InChI=1S/C63H63N3O/c1-40(2)46-31-47(42-21-16-13-17-22-42)36-52(35-46)66-57-24-18-23-53(58(57)65-60(66)54-38-51(62(6,7)8)39-55(59(54)67)63(9,10)11)48-32-49(34-50(33-48)61(3,4)5)56-37-45(29-30-64-56)44-27-25-43(26-28-44)41-19-14-12-15-20-41/h12-40,67H,1-11H3/i40D. The van der Waals surface area contributed by atoms with Gasteiger partial charge in [0.1, 0.15) is 11.6 Å². The topological polar surface area (TPSA) is 50.9 Å². The number of pyridine rings is 1. The molecule has 2 heterocycles. The molecule has 67 heavy (non-hydrogen) atoms. The lowest BCUT2D eigenvalue weighted by Crippen LogP contribution is -2.17. The van der Waals surface area contributed by atoms with Gasteiger partial charge in [0.15, 0.2) is 0 Å². The molecule has 0 fully saturated rings. The molecule has 0 amide bonds. The molecule has 0 saturated carbocycles. The lowest BCUT2D eigenvalue weighted by molar-refractivity contribution is 0.446. The maximum absolute atomic E-state index is 12.5. The fourth-order valence-corrected chi connectivity index (χ4v) is 9.03. The predicted molar refractivity (Wildman–Crippen MR) is 283 cm³/mol. The number of fused-ring (bicyclic) bond motifs is 1. The largest absolute Gasteiger partial charge is 0.507 e. The Labute approximate surface area is 399 Å². The first-order valence-corrected chi connectivity index (χ1v) is 23.5. The molecule has 4 heteroatoms. The van der Waals surface area contributed by atoms with E-state index < -0.39 is 5.89 Å². The van der Waals surface area contributed by atoms with Crippen molar-refractivity contribution in [2.24, 2.45) is 0 Å². The van der Waals surface area contributed by atoms with Crippen LogP contribution in [-0.4, -0.2) is 19.6 Å². The Balaban J connectivity index is 1.29. The van der Waals surface area contributed by atoms with Crippen molar-refractivity contribution in [2.75, 3.05) is 0 Å². The van der Waals surface area contributed by atoms with Crippen molar-refractivity contribution < 1.29 is 6.48 Å². The van der Waals surface area contributed by atoms with Crippen molar-refractivity contribution in [3.63, 3.8) is 0 Å². The highest BCUT2D eigenvalue weighted by molar-refractivity contribution is 5.97. The van der Waals surface area contributed by atoms with Crippen molar-refractivity contribution >= 4 is 11.0 Å². The molecule has 1 N–H and O–H groups in total. The van der Waals surface area contributed by atoms with Crippen molar-refractivity contribution in [3.8, 4) is 78.6 Å². The van der Waals surface area contributed by atoms with Gasteiger partial charge in [-0.1, -0.05) is 191 Å². The first-order valence-electron chi connectivity index (χ1n) is 24.0. The molecule has 9 aromatic rings. The van der Waals surface area contributed by atoms with Gasteiger partial charge in [-0.2, -0.15) is 0 Å². The average Bonchev–Trinajstić information content (AvgIpc) is 3.70. The van der Waals surface area contributed by atoms with Crippen LogP contribution in [0, 0.1) is 0 Å². The Bertz CT molecular complexity index is 3300. The number of phenols is 1. The van der Waals surface area contributed by atoms with Crippen LogP contribution < -0.4 is 0 Å². The molecule has 0 aliphatic carbocycles. The van der Waals surface area contributed by atoms with Crippen molar-refractivity contribution in [3.05, 3.63) is 192 Å². The average molecular weight is 879 g/mol. The quantitative estimate of drug-likeness (QED) is 0.165. The van der Waals surface area contributed by atoms with Gasteiger partial charge in [-0.3, -0.25) is 9.55 Å². The number of hydrogen-bond acceptors (Lipinski definition) is 3. The number of aromatic hydroxyl groups is 1. The molecule has 0 bridgehead atoms. The van der Waals surface area contributed by atoms with E-state index in [1.807, 2.05) is 32.2 Å². The van der Waals surface area contributed by atoms with Crippen molar-refractivity contribution in [1.29, 1.82) is 0 Å². The van der Waals surface area contributed by atoms with Crippen LogP contribution >= 0.6 is 0 Å². The number of hydrogen-bond donors (Lipinski definition) is 1. The van der Waals surface area contributed by atoms with Crippen LogP contribution in [0.5, 0.6) is 5.75 Å². The summed E-state index contributed by atoms with van der Waals surface area (Å²) in [6.45, 7) is 23.7. The maximum Gasteiger partial charge on any atom is 0.149 e. The van der Waals surface area contributed by atoms with Gasteiger partial charge in [-0.25, -0.2) is 4.98 Å². The lowest BCUT2D eigenvalue weighted by atomic mass is 9.79. The van der Waals surface area contributed by atoms with Crippen LogP contribution in [0.25, 0.3) is 83.9 Å². The molecule has 336 valence electrons. The van der Waals surface area contributed by atoms with Gasteiger partial charge < -0.3 is 5.11 Å². The van der Waals surface area contributed by atoms with Crippen LogP contribution in [0.1, 0.15) is 106 Å². The Hall–Kier alpha value is -7.04. The Morgan fingerprint density at radius 2 is 1.07 bits per heavy atom. The number of imidazole rings is 1. The summed E-state index contributed by atoms with van der Waals surface area (Å²) >= 11 is 0. The minimum atomic E-state index is -0.893. The van der Waals surface area contributed by atoms with Gasteiger partial charge in [0.2, 0.25) is 0 Å². The molecule has 7 aromatic carbocycles. The van der Waals surface area contributed by atoms with E-state index in [0.717, 1.165) is 78.0 Å². The molecular weight excluding hydrogens is 815 g/mol. The van der Waals surface area contributed by atoms with Crippen LogP contribution in [0.3, 0.4) is 0 Å². The van der Waals surface area contributed by atoms with Gasteiger partial charge in [-0.15, -0.1) is 0 Å². The van der Waals surface area contributed by atoms with E-state index in [0.29, 0.717) is 11.4 Å². The number of rotatable bonds is 8. The minimum absolute atomic E-state index is 0.173. The highest BCUT2D eigenvalue weighted by Gasteiger charge is 2.29. The van der Waals surface area contributed by atoms with E-state index in [4.69, 9.17) is 9.97 Å². The molecule has 0 unspecified atom stereocenters. The minimum Gasteiger partial charge on any atom is -0.507 e. The van der Waals surface area contributed by atoms with Gasteiger partial charge in [0.25, 0.3) is 0 Å². The summed E-state index contributed by atoms with van der Waals surface area (Å²) in [4.78, 5) is 10.6. The first kappa shape index (κ1) is 43.8. The lowest BCUT2D eigenvalue weighted by Gasteiger charge is -2.27. The summed E-state index contributed by atoms with van der Waals surface area (Å²) in [7, 11) is 0. The summed E-state index contributed by atoms with van der Waals surface area (Å²) < 4.78 is 11.5. The van der Waals surface area contributed by atoms with Gasteiger partial charge >= 0.3 is 0 Å². The smallest absolute Gasteiger partial charge is 0.149 e. The van der Waals surface area contributed by atoms with Crippen LogP contribution in [0.15, 0.2) is 170 Å². The Kier molecular flexibility index (Phi) is 11.3. The highest BCUT2D eigenvalue weighted by Crippen LogP contribution is 2.45. The second-order valence-corrected chi connectivity index (χ2v) is 21.4. The molecule has 0 radical (unpaired) electrons. The Morgan fingerprint density at radius 1 is 0.493 bits per heavy atom. The van der Waals surface area contributed by atoms with E-state index in [-0.39, 0.29) is 22.0 Å². The van der Waals surface area contributed by atoms with E-state index >= 15 is 0 Å². The molecule has 0 aliphatic heterocycles. The number of benzene rings is 7. The zero-order valence-electron chi connectivity index (χ0n) is 42.0. The molecule has 0 atom stereocenters. The molecule has 0 spiro atoms. The SMILES string of the molecule is [2H]C(C)(C)c1cc(-c2ccccc2)cc(-n2c(-c3cc(C(C)(C)C)cc(C(C)(C)C)c3O)nc3c(-c4cc(-c5cc(-c6ccc(-c7ccccc7)cc6)ccn5)cc(C(C)(C)C)c4)cccc32)c1. The summed E-state index contributed by atoms with van der Waals surface area (Å²) in [6.07, 6.45) is 1.91. The van der Waals surface area contributed by atoms with Crippen molar-refractivity contribution in [2.45, 2.75) is 98.3 Å². The first-order chi connectivity index (χ1) is 32.1. The third kappa shape index (κ3) is 9.10. The number of aromatic nitrogens is 3. The molecule has 0 aliphatic rings. The molecular formula is C63H63N3O. The third-order valence-corrected chi connectivity index (χ3v) is 13.1. The van der Waals surface area contributed by atoms with Crippen molar-refractivity contribution in [1.82, 2.24) is 14.5 Å². The summed E-state index contributed by atoms with van der Waals surface area (Å²) in [5.41, 5.74) is 17.2.